The van der Waals surface area contributed by atoms with Crippen molar-refractivity contribution in [1.82, 2.24) is 0 Å². The number of halogens is 1. The zero-order valence-electron chi connectivity index (χ0n) is 2.40. The molecule has 0 unspecified atom stereocenters. The van der Waals surface area contributed by atoms with Crippen molar-refractivity contribution in [3.8, 4) is 0 Å². The van der Waals surface area contributed by atoms with E-state index >= 15 is 0 Å². The molecule has 0 fully saturated rings. The van der Waals surface area contributed by atoms with Gasteiger partial charge in [-0.25, -0.2) is 0 Å². The number of hydrogen-bond acceptors (Lipinski definition) is 0. The average Bonchev–Trinajstić information content (AvgIpc) is 1.37. The molecule has 0 aromatic carbocycles. The minimum absolute atomic E-state index is 1.34. The van der Waals surface area contributed by atoms with Gasteiger partial charge in [0.15, 0.2) is 0 Å². The van der Waals surface area contributed by atoms with Gasteiger partial charge in [-0.1, -0.05) is 0 Å². The van der Waals surface area contributed by atoms with Crippen LogP contribution in [0.3, 0.4) is 0 Å². The Morgan fingerprint density at radius 2 is 2.25 bits per heavy atom. The van der Waals surface area contributed by atoms with Crippen LogP contribution in [0.5, 0.6) is 0 Å². The molecule has 0 saturated carbocycles. The molecule has 0 bridgehead atoms. The fourth-order valence-corrected chi connectivity index (χ4v) is 0. The van der Waals surface area contributed by atoms with Gasteiger partial charge in [-0.05, 0) is 0 Å². The molecule has 0 radical (unpaired) electrons. The summed E-state index contributed by atoms with van der Waals surface area (Å²) >= 11 is 2.27. The molecule has 4 heavy (non-hydrogen) atoms. The van der Waals surface area contributed by atoms with Crippen LogP contribution in [0.1, 0.15) is 0 Å². The van der Waals surface area contributed by atoms with Crippen molar-refractivity contribution >= 4 is 34.4 Å². The quantitative estimate of drug-likeness (QED) is 0.306. The van der Waals surface area contributed by atoms with Crippen molar-refractivity contribution in [1.29, 1.82) is 0 Å². The molecule has 0 aliphatic rings. The Morgan fingerprint density at radius 3 is 2.25 bits per heavy atom. The summed E-state index contributed by atoms with van der Waals surface area (Å²) in [7, 11) is 0. The predicted octanol–water partition coefficient (Wildman–Crippen LogP) is 1.95. The molecule has 0 saturated heterocycles. The Labute approximate surface area is 41.4 Å². The molecule has 0 aliphatic carbocycles. The molecule has 0 nitrogen and oxygen atoms in total. The Bertz CT molecular complexity index is 23.2. The Kier molecular flexibility index (Phi) is 5.22. The number of hydrogen-bond donors (Lipinski definition) is 0. The molecular formula is CH3BIP. The van der Waals surface area contributed by atoms with Crippen LogP contribution in [0.25, 0.3) is 0 Å². The van der Waals surface area contributed by atoms with Crippen LogP contribution in [0.15, 0.2) is 0 Å². The van der Waals surface area contributed by atoms with Gasteiger partial charge in [-0.2, -0.15) is 0 Å². The van der Waals surface area contributed by atoms with Crippen molar-refractivity contribution in [2.24, 2.45) is 0 Å². The molecule has 0 amide bonds. The Balaban J connectivity index is 2.55. The van der Waals surface area contributed by atoms with Crippen LogP contribution in [-0.2, 0) is 0 Å². The molecule has 0 aliphatic heterocycles. The third kappa shape index (κ3) is 3.09. The van der Waals surface area contributed by atoms with Gasteiger partial charge in [-0.15, -0.1) is 0 Å². The SMILES string of the molecule is CB=PI. The van der Waals surface area contributed by atoms with Crippen LogP contribution >= 0.6 is 27.8 Å². The van der Waals surface area contributed by atoms with Gasteiger partial charge < -0.3 is 0 Å². The van der Waals surface area contributed by atoms with Gasteiger partial charge in [-0.3, -0.25) is 0 Å². The van der Waals surface area contributed by atoms with E-state index in [2.05, 4.69) is 28.7 Å². The molecule has 22 valence electrons. The topological polar surface area (TPSA) is 0 Å². The summed E-state index contributed by atoms with van der Waals surface area (Å²) in [6, 6.07) is 0. The Hall–Kier alpha value is 1.09. The number of rotatable bonds is 0. The molecular weight excluding hydrogens is 181 g/mol. The van der Waals surface area contributed by atoms with Gasteiger partial charge in [0.1, 0.15) is 0 Å². The van der Waals surface area contributed by atoms with Crippen molar-refractivity contribution in [2.45, 2.75) is 6.82 Å². The summed E-state index contributed by atoms with van der Waals surface area (Å²) < 4.78 is 0. The summed E-state index contributed by atoms with van der Waals surface area (Å²) in [5, 5.41) is 0. The van der Waals surface area contributed by atoms with E-state index < -0.39 is 0 Å². The van der Waals surface area contributed by atoms with Crippen LogP contribution in [0.4, 0.5) is 0 Å². The zero-order valence-corrected chi connectivity index (χ0v) is 5.45. The van der Waals surface area contributed by atoms with E-state index in [1.54, 1.807) is 0 Å². The fraction of sp³-hybridized carbons (Fsp3) is 1.00. The minimum atomic E-state index is 1.34. The monoisotopic (exact) mass is 184 g/mol. The Morgan fingerprint density at radius 1 is 2.00 bits per heavy atom. The normalized spacial score (nSPS) is 7.50. The predicted molar refractivity (Wildman–Crippen MR) is 32.6 cm³/mol. The first-order chi connectivity index (χ1) is 1.91. The van der Waals surface area contributed by atoms with Crippen molar-refractivity contribution < 1.29 is 0 Å². The summed E-state index contributed by atoms with van der Waals surface area (Å²) in [5.41, 5.74) is 1.34. The maximum absolute atomic E-state index is 2.27. The van der Waals surface area contributed by atoms with Crippen molar-refractivity contribution in [3.05, 3.63) is 0 Å². The second kappa shape index (κ2) is 4.09. The van der Waals surface area contributed by atoms with Gasteiger partial charge in [0, 0.05) is 0 Å². The molecule has 0 heterocycles. The third-order valence-electron chi connectivity index (χ3n) is 0.0976. The summed E-state index contributed by atoms with van der Waals surface area (Å²) in [4.78, 5) is 0. The molecule has 0 atom stereocenters. The van der Waals surface area contributed by atoms with E-state index in [9.17, 15) is 0 Å². The first-order valence-electron chi connectivity index (χ1n) is 1.00. The summed E-state index contributed by atoms with van der Waals surface area (Å²) in [5.74, 6) is 0. The van der Waals surface area contributed by atoms with Gasteiger partial charge in [0.25, 0.3) is 0 Å². The van der Waals surface area contributed by atoms with Crippen molar-refractivity contribution in [2.75, 3.05) is 0 Å². The molecule has 0 rings (SSSR count). The molecule has 0 aromatic rings. The molecule has 3 heteroatoms. The van der Waals surface area contributed by atoms with Gasteiger partial charge in [0.05, 0.1) is 0 Å². The summed E-state index contributed by atoms with van der Waals surface area (Å²) in [6.07, 6.45) is 0. The molecule has 0 N–H and O–H groups in total. The zero-order chi connectivity index (χ0) is 3.41. The van der Waals surface area contributed by atoms with Crippen LogP contribution < -0.4 is 0 Å². The summed E-state index contributed by atoms with van der Waals surface area (Å²) in [6.45, 7) is 4.12. The first-order valence-corrected chi connectivity index (χ1v) is 4.75. The second-order valence-corrected chi connectivity index (χ2v) is 2.74. The van der Waals surface area contributed by atoms with Crippen LogP contribution in [0, 0.1) is 0 Å². The standard InChI is InChI=1S/CH3BIP/c1-2-4-3/h1H3. The average molecular weight is 184 g/mol. The van der Waals surface area contributed by atoms with Crippen LogP contribution in [-0.4, -0.2) is 6.62 Å². The van der Waals surface area contributed by atoms with E-state index in [1.165, 1.54) is 5.71 Å². The molecule has 0 aromatic heterocycles. The maximum atomic E-state index is 2.27. The van der Waals surface area contributed by atoms with E-state index in [0.29, 0.717) is 0 Å². The van der Waals surface area contributed by atoms with E-state index in [1.807, 2.05) is 6.82 Å². The van der Waals surface area contributed by atoms with Gasteiger partial charge >= 0.3 is 41.2 Å². The van der Waals surface area contributed by atoms with E-state index in [4.69, 9.17) is 0 Å². The second-order valence-electron chi connectivity index (χ2n) is 0.356. The molecule has 0 spiro atoms. The van der Waals surface area contributed by atoms with E-state index in [0.717, 1.165) is 0 Å². The van der Waals surface area contributed by atoms with Gasteiger partial charge in [0.2, 0.25) is 0 Å². The van der Waals surface area contributed by atoms with Crippen molar-refractivity contribution in [3.63, 3.8) is 0 Å². The van der Waals surface area contributed by atoms with Crippen LogP contribution in [0.2, 0.25) is 6.82 Å². The fourth-order valence-electron chi connectivity index (χ4n) is 0. The third-order valence-corrected chi connectivity index (χ3v) is 1.96. The van der Waals surface area contributed by atoms with E-state index in [-0.39, 0.29) is 0 Å². The first kappa shape index (κ1) is 5.09.